The Labute approximate surface area is 186 Å². The molecule has 0 radical (unpaired) electrons. The summed E-state index contributed by atoms with van der Waals surface area (Å²) in [6.07, 6.45) is 1.47. The van der Waals surface area contributed by atoms with Crippen LogP contribution < -0.4 is 5.43 Å². The number of carbonyl (C=O) groups excluding carboxylic acids is 1. The lowest BCUT2D eigenvalue weighted by Crippen LogP contribution is -2.20. The van der Waals surface area contributed by atoms with Gasteiger partial charge in [-0.2, -0.15) is 5.10 Å². The number of benzene rings is 2. The van der Waals surface area contributed by atoms with Gasteiger partial charge in [-0.15, -0.1) is 10.2 Å². The summed E-state index contributed by atoms with van der Waals surface area (Å²) >= 11 is 1.30. The fourth-order valence-electron chi connectivity index (χ4n) is 2.90. The molecular formula is C23H26FN5OS. The lowest BCUT2D eigenvalue weighted by atomic mass is 9.87. The summed E-state index contributed by atoms with van der Waals surface area (Å²) in [5, 5.41) is 13.2. The lowest BCUT2D eigenvalue weighted by molar-refractivity contribution is -0.118. The maximum Gasteiger partial charge on any atom is 0.250 e. The minimum absolute atomic E-state index is 0.0878. The molecule has 0 saturated carbocycles. The van der Waals surface area contributed by atoms with Crippen LogP contribution in [0.15, 0.2) is 58.8 Å². The largest absolute Gasteiger partial charge is 0.302 e. The van der Waals surface area contributed by atoms with Crippen molar-refractivity contribution in [1.82, 2.24) is 20.2 Å². The first-order valence-electron chi connectivity index (χ1n) is 10.0. The highest BCUT2D eigenvalue weighted by atomic mass is 32.2. The van der Waals surface area contributed by atoms with Crippen LogP contribution in [0.3, 0.4) is 0 Å². The molecule has 8 heteroatoms. The van der Waals surface area contributed by atoms with Crippen molar-refractivity contribution in [1.29, 1.82) is 0 Å². The van der Waals surface area contributed by atoms with E-state index in [1.807, 2.05) is 11.5 Å². The Morgan fingerprint density at radius 1 is 1.13 bits per heavy atom. The van der Waals surface area contributed by atoms with Gasteiger partial charge < -0.3 is 4.57 Å². The van der Waals surface area contributed by atoms with E-state index in [0.717, 1.165) is 11.4 Å². The molecule has 3 rings (SSSR count). The van der Waals surface area contributed by atoms with E-state index >= 15 is 0 Å². The molecule has 162 valence electrons. The molecule has 1 N–H and O–H groups in total. The van der Waals surface area contributed by atoms with Gasteiger partial charge in [0.2, 0.25) is 0 Å². The van der Waals surface area contributed by atoms with Gasteiger partial charge >= 0.3 is 0 Å². The Balaban J connectivity index is 1.61. The van der Waals surface area contributed by atoms with E-state index < -0.39 is 0 Å². The maximum absolute atomic E-state index is 12.9. The zero-order valence-corrected chi connectivity index (χ0v) is 18.9. The topological polar surface area (TPSA) is 72.2 Å². The standard InChI is InChI=1S/C23H26FN5OS/c1-5-29-21(17-8-10-18(11-9-17)23(2,3)4)27-28-22(29)31-15-20(30)26-25-14-16-6-12-19(24)13-7-16/h6-14H,5,15H2,1-4H3,(H,26,30)/b25-14-. The van der Waals surface area contributed by atoms with Crippen LogP contribution in [0.25, 0.3) is 11.4 Å². The first-order chi connectivity index (χ1) is 14.8. The van der Waals surface area contributed by atoms with E-state index in [9.17, 15) is 9.18 Å². The zero-order chi connectivity index (χ0) is 22.4. The van der Waals surface area contributed by atoms with Gasteiger partial charge in [-0.1, -0.05) is 68.9 Å². The van der Waals surface area contributed by atoms with E-state index in [2.05, 4.69) is 65.8 Å². The number of thioether (sulfide) groups is 1. The number of hydrazone groups is 1. The van der Waals surface area contributed by atoms with Crippen molar-refractivity contribution in [3.8, 4) is 11.4 Å². The minimum Gasteiger partial charge on any atom is -0.302 e. The third-order valence-electron chi connectivity index (χ3n) is 4.65. The van der Waals surface area contributed by atoms with E-state index in [-0.39, 0.29) is 22.9 Å². The number of nitrogens with one attached hydrogen (secondary N) is 1. The number of carbonyl (C=O) groups is 1. The first kappa shape index (κ1) is 22.7. The van der Waals surface area contributed by atoms with Crippen molar-refractivity contribution in [2.24, 2.45) is 5.10 Å². The van der Waals surface area contributed by atoms with Gasteiger partial charge in [0.15, 0.2) is 11.0 Å². The summed E-state index contributed by atoms with van der Waals surface area (Å²) in [4.78, 5) is 12.1. The van der Waals surface area contributed by atoms with Gasteiger partial charge in [-0.05, 0) is 35.6 Å². The number of halogens is 1. The normalized spacial score (nSPS) is 11.8. The highest BCUT2D eigenvalue weighted by Gasteiger charge is 2.17. The van der Waals surface area contributed by atoms with Crippen LogP contribution in [0.4, 0.5) is 4.39 Å². The molecule has 0 aliphatic rings. The van der Waals surface area contributed by atoms with Gasteiger partial charge in [-0.3, -0.25) is 4.79 Å². The average molecular weight is 440 g/mol. The molecule has 1 heterocycles. The Morgan fingerprint density at radius 2 is 1.81 bits per heavy atom. The summed E-state index contributed by atoms with van der Waals surface area (Å²) in [7, 11) is 0. The van der Waals surface area contributed by atoms with Crippen LogP contribution in [-0.2, 0) is 16.8 Å². The molecule has 1 aromatic heterocycles. The van der Waals surface area contributed by atoms with Gasteiger partial charge in [0.05, 0.1) is 12.0 Å². The van der Waals surface area contributed by atoms with Gasteiger partial charge in [-0.25, -0.2) is 9.82 Å². The van der Waals surface area contributed by atoms with Crippen molar-refractivity contribution in [2.75, 3.05) is 5.75 Å². The van der Waals surface area contributed by atoms with Crippen LogP contribution in [0.5, 0.6) is 0 Å². The van der Waals surface area contributed by atoms with Gasteiger partial charge in [0.25, 0.3) is 5.91 Å². The van der Waals surface area contributed by atoms with E-state index in [1.54, 1.807) is 12.1 Å². The van der Waals surface area contributed by atoms with Crippen LogP contribution in [-0.4, -0.2) is 32.6 Å². The quantitative estimate of drug-likeness (QED) is 0.331. The van der Waals surface area contributed by atoms with Crippen LogP contribution in [0.2, 0.25) is 0 Å². The fourth-order valence-corrected chi connectivity index (χ4v) is 3.70. The van der Waals surface area contributed by atoms with E-state index in [1.165, 1.54) is 35.7 Å². The van der Waals surface area contributed by atoms with E-state index in [4.69, 9.17) is 0 Å². The van der Waals surface area contributed by atoms with Crippen LogP contribution in [0, 0.1) is 5.82 Å². The fraction of sp³-hybridized carbons (Fsp3) is 0.304. The second-order valence-corrected chi connectivity index (χ2v) is 8.95. The third kappa shape index (κ3) is 6.01. The highest BCUT2D eigenvalue weighted by Crippen LogP contribution is 2.27. The second-order valence-electron chi connectivity index (χ2n) is 8.01. The van der Waals surface area contributed by atoms with Crippen molar-refractivity contribution < 1.29 is 9.18 Å². The van der Waals surface area contributed by atoms with E-state index in [0.29, 0.717) is 17.3 Å². The SMILES string of the molecule is CCn1c(SCC(=O)N/N=C\c2ccc(F)cc2)nnc1-c1ccc(C(C)(C)C)cc1. The maximum atomic E-state index is 12.9. The molecule has 0 saturated heterocycles. The number of amides is 1. The average Bonchev–Trinajstić information content (AvgIpc) is 3.16. The zero-order valence-electron chi connectivity index (χ0n) is 18.1. The number of aromatic nitrogens is 3. The first-order valence-corrected chi connectivity index (χ1v) is 11.0. The lowest BCUT2D eigenvalue weighted by Gasteiger charge is -2.19. The second kappa shape index (κ2) is 9.87. The van der Waals surface area contributed by atoms with Crippen LogP contribution in [0.1, 0.15) is 38.8 Å². The molecule has 0 spiro atoms. The third-order valence-corrected chi connectivity index (χ3v) is 5.61. The predicted octanol–water partition coefficient (Wildman–Crippen LogP) is 4.64. The monoisotopic (exact) mass is 439 g/mol. The summed E-state index contributed by atoms with van der Waals surface area (Å²) in [6, 6.07) is 14.2. The summed E-state index contributed by atoms with van der Waals surface area (Å²) in [5.74, 6) is 0.356. The number of hydrogen-bond donors (Lipinski definition) is 1. The molecule has 1 amide bonds. The molecule has 3 aromatic rings. The van der Waals surface area contributed by atoms with Gasteiger partial charge in [0.1, 0.15) is 5.82 Å². The van der Waals surface area contributed by atoms with Gasteiger partial charge in [0, 0.05) is 12.1 Å². The molecule has 2 aromatic carbocycles. The number of rotatable bonds is 7. The van der Waals surface area contributed by atoms with Crippen molar-refractivity contribution in [2.45, 2.75) is 44.8 Å². The van der Waals surface area contributed by atoms with Crippen molar-refractivity contribution in [3.05, 3.63) is 65.5 Å². The Morgan fingerprint density at radius 3 is 2.42 bits per heavy atom. The molecule has 0 aliphatic heterocycles. The molecule has 31 heavy (non-hydrogen) atoms. The van der Waals surface area contributed by atoms with Crippen LogP contribution >= 0.6 is 11.8 Å². The molecule has 0 aliphatic carbocycles. The van der Waals surface area contributed by atoms with Crippen molar-refractivity contribution >= 4 is 23.9 Å². The number of hydrogen-bond acceptors (Lipinski definition) is 5. The minimum atomic E-state index is -0.317. The molecule has 0 unspecified atom stereocenters. The predicted molar refractivity (Wildman–Crippen MR) is 123 cm³/mol. The smallest absolute Gasteiger partial charge is 0.250 e. The summed E-state index contributed by atoms with van der Waals surface area (Å²) in [6.45, 7) is 9.25. The highest BCUT2D eigenvalue weighted by molar-refractivity contribution is 7.99. The Hall–Kier alpha value is -3.00. The molecular weight excluding hydrogens is 413 g/mol. The molecule has 6 nitrogen and oxygen atoms in total. The summed E-state index contributed by atoms with van der Waals surface area (Å²) < 4.78 is 14.9. The Bertz CT molecular complexity index is 1050. The molecule has 0 atom stereocenters. The van der Waals surface area contributed by atoms with Crippen molar-refractivity contribution in [3.63, 3.8) is 0 Å². The molecule has 0 fully saturated rings. The Kier molecular flexibility index (Phi) is 7.22. The summed E-state index contributed by atoms with van der Waals surface area (Å²) in [5.41, 5.74) is 5.50. The number of nitrogens with zero attached hydrogens (tertiary/aromatic N) is 4. The molecule has 0 bridgehead atoms.